The molecule has 1 saturated carbocycles. The maximum Gasteiger partial charge on any atom is 0.202 e. The van der Waals surface area contributed by atoms with Gasteiger partial charge in [-0.1, -0.05) is 13.3 Å². The molecule has 4 heteroatoms. The van der Waals surface area contributed by atoms with Crippen molar-refractivity contribution in [2.75, 3.05) is 5.32 Å². The maximum atomic E-state index is 4.49. The maximum absolute atomic E-state index is 4.49. The Balaban J connectivity index is 1.88. The third kappa shape index (κ3) is 2.44. The largest absolute Gasteiger partial charge is 0.358 e. The van der Waals surface area contributed by atoms with Crippen LogP contribution < -0.4 is 5.32 Å². The first-order valence-electron chi connectivity index (χ1n) is 5.39. The van der Waals surface area contributed by atoms with Gasteiger partial charge in [0.1, 0.15) is 5.82 Å². The van der Waals surface area contributed by atoms with Crippen LogP contribution in [0.4, 0.5) is 5.13 Å². The van der Waals surface area contributed by atoms with E-state index in [1.807, 2.05) is 0 Å². The first-order chi connectivity index (χ1) is 6.79. The minimum absolute atomic E-state index is 0.514. The molecule has 1 N–H and O–H groups in total. The van der Waals surface area contributed by atoms with Crippen molar-refractivity contribution in [3.05, 3.63) is 5.82 Å². The van der Waals surface area contributed by atoms with Crippen LogP contribution in [-0.4, -0.2) is 15.4 Å². The average Bonchev–Trinajstić information content (AvgIpc) is 2.89. The Hall–Kier alpha value is -0.640. The second-order valence-electron chi connectivity index (χ2n) is 4.07. The van der Waals surface area contributed by atoms with E-state index in [9.17, 15) is 0 Å². The fourth-order valence-electron chi connectivity index (χ4n) is 1.52. The minimum atomic E-state index is 0.514. The van der Waals surface area contributed by atoms with Crippen LogP contribution in [-0.2, 0) is 0 Å². The molecule has 2 rings (SSSR count). The molecule has 0 amide bonds. The Morgan fingerprint density at radius 3 is 3.00 bits per heavy atom. The molecule has 1 heterocycles. The lowest BCUT2D eigenvalue weighted by molar-refractivity contribution is 0.689. The summed E-state index contributed by atoms with van der Waals surface area (Å²) in [4.78, 5) is 4.49. The molecule has 0 saturated heterocycles. The van der Waals surface area contributed by atoms with Crippen molar-refractivity contribution < 1.29 is 0 Å². The van der Waals surface area contributed by atoms with Gasteiger partial charge >= 0.3 is 0 Å². The van der Waals surface area contributed by atoms with Gasteiger partial charge in [0.2, 0.25) is 5.13 Å². The smallest absolute Gasteiger partial charge is 0.202 e. The van der Waals surface area contributed by atoms with Gasteiger partial charge in [-0.25, -0.2) is 4.98 Å². The van der Waals surface area contributed by atoms with Crippen molar-refractivity contribution in [1.29, 1.82) is 0 Å². The van der Waals surface area contributed by atoms with Gasteiger partial charge in [-0.3, -0.25) is 0 Å². The van der Waals surface area contributed by atoms with Crippen LogP contribution in [0.15, 0.2) is 0 Å². The Kier molecular flexibility index (Phi) is 3.01. The molecular formula is C10H17N3S. The third-order valence-electron chi connectivity index (χ3n) is 2.48. The summed E-state index contributed by atoms with van der Waals surface area (Å²) in [6.07, 6.45) is 4.96. The van der Waals surface area contributed by atoms with Gasteiger partial charge < -0.3 is 5.32 Å². The standard InChI is InChI=1S/C10H17N3S/c1-3-4-7(2)11-10-12-9(13-14-10)8-5-6-8/h7-8H,3-6H2,1-2H3,(H,11,12,13). The van der Waals surface area contributed by atoms with Crippen LogP contribution in [0, 0.1) is 0 Å². The molecule has 1 aliphatic carbocycles. The predicted molar refractivity (Wildman–Crippen MR) is 59.9 cm³/mol. The summed E-state index contributed by atoms with van der Waals surface area (Å²) >= 11 is 1.50. The molecule has 3 nitrogen and oxygen atoms in total. The zero-order chi connectivity index (χ0) is 9.97. The van der Waals surface area contributed by atoms with E-state index in [0.29, 0.717) is 12.0 Å². The molecule has 0 aromatic carbocycles. The number of anilines is 1. The second kappa shape index (κ2) is 4.26. The van der Waals surface area contributed by atoms with E-state index in [-0.39, 0.29) is 0 Å². The van der Waals surface area contributed by atoms with Gasteiger partial charge in [-0.15, -0.1) is 0 Å². The predicted octanol–water partition coefficient (Wildman–Crippen LogP) is 3.02. The van der Waals surface area contributed by atoms with Crippen molar-refractivity contribution in [1.82, 2.24) is 9.36 Å². The molecule has 14 heavy (non-hydrogen) atoms. The van der Waals surface area contributed by atoms with Gasteiger partial charge in [0.25, 0.3) is 0 Å². The summed E-state index contributed by atoms with van der Waals surface area (Å²) in [5.41, 5.74) is 0. The third-order valence-corrected chi connectivity index (χ3v) is 3.14. The Bertz CT molecular complexity index is 293. The van der Waals surface area contributed by atoms with Crippen molar-refractivity contribution >= 4 is 16.7 Å². The fourth-order valence-corrected chi connectivity index (χ4v) is 2.27. The number of rotatable bonds is 5. The molecule has 0 spiro atoms. The Morgan fingerprint density at radius 1 is 1.57 bits per heavy atom. The van der Waals surface area contributed by atoms with Crippen molar-refractivity contribution in [2.24, 2.45) is 0 Å². The van der Waals surface area contributed by atoms with E-state index in [2.05, 4.69) is 28.5 Å². The number of nitrogens with one attached hydrogen (secondary N) is 1. The molecular weight excluding hydrogens is 194 g/mol. The van der Waals surface area contributed by atoms with Crippen molar-refractivity contribution in [3.8, 4) is 0 Å². The molecule has 1 aliphatic rings. The molecule has 0 bridgehead atoms. The lowest BCUT2D eigenvalue weighted by Crippen LogP contribution is -2.14. The van der Waals surface area contributed by atoms with E-state index in [1.165, 1.54) is 37.2 Å². The van der Waals surface area contributed by atoms with Gasteiger partial charge in [-0.2, -0.15) is 4.37 Å². The minimum Gasteiger partial charge on any atom is -0.358 e. The molecule has 1 aromatic rings. The topological polar surface area (TPSA) is 37.8 Å². The number of nitrogens with zero attached hydrogens (tertiary/aromatic N) is 2. The zero-order valence-corrected chi connectivity index (χ0v) is 9.60. The van der Waals surface area contributed by atoms with Gasteiger partial charge in [-0.05, 0) is 26.2 Å². The molecule has 0 aliphatic heterocycles. The van der Waals surface area contributed by atoms with Gasteiger partial charge in [0, 0.05) is 23.5 Å². The van der Waals surface area contributed by atoms with Crippen LogP contribution in [0.5, 0.6) is 0 Å². The highest BCUT2D eigenvalue weighted by molar-refractivity contribution is 7.09. The van der Waals surface area contributed by atoms with Crippen molar-refractivity contribution in [3.63, 3.8) is 0 Å². The van der Waals surface area contributed by atoms with E-state index in [1.54, 1.807) is 0 Å². The monoisotopic (exact) mass is 211 g/mol. The van der Waals surface area contributed by atoms with E-state index in [4.69, 9.17) is 0 Å². The summed E-state index contributed by atoms with van der Waals surface area (Å²) in [7, 11) is 0. The summed E-state index contributed by atoms with van der Waals surface area (Å²) in [5, 5.41) is 4.38. The highest BCUT2D eigenvalue weighted by Crippen LogP contribution is 2.39. The number of hydrogen-bond donors (Lipinski definition) is 1. The summed E-state index contributed by atoms with van der Waals surface area (Å²) in [6, 6.07) is 0.514. The zero-order valence-electron chi connectivity index (χ0n) is 8.79. The normalized spacial score (nSPS) is 18.1. The summed E-state index contributed by atoms with van der Waals surface area (Å²) in [5.74, 6) is 1.73. The SMILES string of the molecule is CCCC(C)Nc1nc(C2CC2)ns1. The van der Waals surface area contributed by atoms with Crippen LogP contribution in [0.1, 0.15) is 51.3 Å². The quantitative estimate of drug-likeness (QED) is 0.813. The van der Waals surface area contributed by atoms with Crippen LogP contribution >= 0.6 is 11.5 Å². The lowest BCUT2D eigenvalue weighted by atomic mass is 10.2. The molecule has 1 fully saturated rings. The molecule has 1 aromatic heterocycles. The van der Waals surface area contributed by atoms with E-state index >= 15 is 0 Å². The van der Waals surface area contributed by atoms with Crippen LogP contribution in [0.25, 0.3) is 0 Å². The van der Waals surface area contributed by atoms with Crippen LogP contribution in [0.2, 0.25) is 0 Å². The highest BCUT2D eigenvalue weighted by atomic mass is 32.1. The first kappa shape index (κ1) is 9.90. The molecule has 1 atom stereocenters. The van der Waals surface area contributed by atoms with Gasteiger partial charge in [0.15, 0.2) is 0 Å². The van der Waals surface area contributed by atoms with Crippen LogP contribution in [0.3, 0.4) is 0 Å². The Labute approximate surface area is 89.1 Å². The van der Waals surface area contributed by atoms with E-state index in [0.717, 1.165) is 11.0 Å². The number of aromatic nitrogens is 2. The van der Waals surface area contributed by atoms with Crippen molar-refractivity contribution in [2.45, 2.75) is 51.5 Å². The second-order valence-corrected chi connectivity index (χ2v) is 4.82. The van der Waals surface area contributed by atoms with E-state index < -0.39 is 0 Å². The molecule has 0 radical (unpaired) electrons. The first-order valence-corrected chi connectivity index (χ1v) is 6.17. The Morgan fingerprint density at radius 2 is 2.36 bits per heavy atom. The summed E-state index contributed by atoms with van der Waals surface area (Å²) < 4.78 is 4.36. The fraction of sp³-hybridized carbons (Fsp3) is 0.800. The molecule has 1 unspecified atom stereocenters. The number of hydrogen-bond acceptors (Lipinski definition) is 4. The van der Waals surface area contributed by atoms with Gasteiger partial charge in [0.05, 0.1) is 0 Å². The lowest BCUT2D eigenvalue weighted by Gasteiger charge is -2.09. The molecule has 78 valence electrons. The average molecular weight is 211 g/mol. The summed E-state index contributed by atoms with van der Waals surface area (Å²) in [6.45, 7) is 4.40. The highest BCUT2D eigenvalue weighted by Gasteiger charge is 2.27.